The Labute approximate surface area is 112 Å². The number of aromatic nitrogens is 2. The van der Waals surface area contributed by atoms with Gasteiger partial charge in [-0.3, -0.25) is 4.79 Å². The van der Waals surface area contributed by atoms with Gasteiger partial charge in [-0.1, -0.05) is 0 Å². The molecule has 1 aromatic heterocycles. The van der Waals surface area contributed by atoms with Crippen molar-refractivity contribution >= 4 is 17.3 Å². The van der Waals surface area contributed by atoms with Gasteiger partial charge in [-0.2, -0.15) is 0 Å². The molecule has 0 atom stereocenters. The lowest BCUT2D eigenvalue weighted by Gasteiger charge is -2.10. The van der Waals surface area contributed by atoms with E-state index in [0.29, 0.717) is 6.54 Å². The standard InChI is InChI=1S/C14H18N4O/c1-10-8-12(4-5-13(10)17-11(2)19)16-9-14-15-6-7-18(14)3/h4-8,16H,9H2,1-3H3,(H,17,19). The van der Waals surface area contributed by atoms with Crippen LogP contribution >= 0.6 is 0 Å². The molecule has 19 heavy (non-hydrogen) atoms. The number of nitrogens with zero attached hydrogens (tertiary/aromatic N) is 2. The van der Waals surface area contributed by atoms with Crippen LogP contribution in [0.25, 0.3) is 0 Å². The van der Waals surface area contributed by atoms with Crippen molar-refractivity contribution in [2.24, 2.45) is 7.05 Å². The zero-order valence-electron chi connectivity index (χ0n) is 11.4. The van der Waals surface area contributed by atoms with Gasteiger partial charge in [0.25, 0.3) is 0 Å². The summed E-state index contributed by atoms with van der Waals surface area (Å²) in [6, 6.07) is 5.85. The second-order valence-electron chi connectivity index (χ2n) is 4.52. The lowest BCUT2D eigenvalue weighted by Crippen LogP contribution is -2.08. The number of nitrogens with one attached hydrogen (secondary N) is 2. The number of aryl methyl sites for hydroxylation is 2. The minimum absolute atomic E-state index is 0.0585. The summed E-state index contributed by atoms with van der Waals surface area (Å²) in [5.74, 6) is 0.917. The SMILES string of the molecule is CC(=O)Nc1ccc(NCc2nccn2C)cc1C. The fourth-order valence-corrected chi connectivity index (χ4v) is 1.85. The number of carbonyl (C=O) groups is 1. The molecule has 5 nitrogen and oxygen atoms in total. The predicted molar refractivity (Wildman–Crippen MR) is 76.0 cm³/mol. The predicted octanol–water partition coefficient (Wildman–Crippen LogP) is 2.30. The van der Waals surface area contributed by atoms with E-state index in [1.165, 1.54) is 6.92 Å². The highest BCUT2D eigenvalue weighted by atomic mass is 16.1. The molecule has 5 heteroatoms. The number of carbonyl (C=O) groups excluding carboxylic acids is 1. The maximum absolute atomic E-state index is 11.0. The molecule has 0 unspecified atom stereocenters. The van der Waals surface area contributed by atoms with Crippen LogP contribution in [-0.4, -0.2) is 15.5 Å². The maximum atomic E-state index is 11.0. The van der Waals surface area contributed by atoms with Crippen LogP contribution in [0.4, 0.5) is 11.4 Å². The Kier molecular flexibility index (Phi) is 3.85. The van der Waals surface area contributed by atoms with Crippen molar-refractivity contribution in [3.63, 3.8) is 0 Å². The van der Waals surface area contributed by atoms with Crippen LogP contribution in [-0.2, 0) is 18.4 Å². The molecule has 0 fully saturated rings. The molecule has 0 saturated heterocycles. The highest BCUT2D eigenvalue weighted by Gasteiger charge is 2.03. The average Bonchev–Trinajstić information content (AvgIpc) is 2.75. The van der Waals surface area contributed by atoms with Gasteiger partial charge in [0.15, 0.2) is 0 Å². The third-order valence-corrected chi connectivity index (χ3v) is 2.91. The van der Waals surface area contributed by atoms with Crippen molar-refractivity contribution in [1.82, 2.24) is 9.55 Å². The summed E-state index contributed by atoms with van der Waals surface area (Å²) in [6.45, 7) is 4.15. The van der Waals surface area contributed by atoms with Crippen LogP contribution in [0, 0.1) is 6.92 Å². The fourth-order valence-electron chi connectivity index (χ4n) is 1.85. The molecule has 1 amide bonds. The molecule has 0 saturated carbocycles. The Morgan fingerprint density at radius 1 is 1.42 bits per heavy atom. The van der Waals surface area contributed by atoms with Crippen LogP contribution < -0.4 is 10.6 Å². The quantitative estimate of drug-likeness (QED) is 0.884. The van der Waals surface area contributed by atoms with Gasteiger partial charge >= 0.3 is 0 Å². The lowest BCUT2D eigenvalue weighted by atomic mass is 10.1. The normalized spacial score (nSPS) is 10.3. The highest BCUT2D eigenvalue weighted by molar-refractivity contribution is 5.89. The fraction of sp³-hybridized carbons (Fsp3) is 0.286. The van der Waals surface area contributed by atoms with E-state index < -0.39 is 0 Å². The maximum Gasteiger partial charge on any atom is 0.221 e. The number of amides is 1. The molecule has 2 N–H and O–H groups in total. The van der Waals surface area contributed by atoms with Crippen LogP contribution in [0.5, 0.6) is 0 Å². The summed E-state index contributed by atoms with van der Waals surface area (Å²) in [4.78, 5) is 15.3. The van der Waals surface area contributed by atoms with Crippen molar-refractivity contribution in [2.45, 2.75) is 20.4 Å². The van der Waals surface area contributed by atoms with E-state index in [4.69, 9.17) is 0 Å². The second kappa shape index (κ2) is 5.56. The molecule has 1 heterocycles. The topological polar surface area (TPSA) is 59.0 Å². The average molecular weight is 258 g/mol. The van der Waals surface area contributed by atoms with Gasteiger partial charge in [0, 0.05) is 37.7 Å². The summed E-state index contributed by atoms with van der Waals surface area (Å²) < 4.78 is 1.98. The summed E-state index contributed by atoms with van der Waals surface area (Å²) in [6.07, 6.45) is 3.70. The van der Waals surface area contributed by atoms with E-state index in [-0.39, 0.29) is 5.91 Å². The van der Waals surface area contributed by atoms with Gasteiger partial charge < -0.3 is 15.2 Å². The molecule has 1 aromatic carbocycles. The van der Waals surface area contributed by atoms with E-state index >= 15 is 0 Å². The van der Waals surface area contributed by atoms with Crippen molar-refractivity contribution in [1.29, 1.82) is 0 Å². The third kappa shape index (κ3) is 3.34. The number of imidazole rings is 1. The zero-order valence-corrected chi connectivity index (χ0v) is 11.4. The lowest BCUT2D eigenvalue weighted by molar-refractivity contribution is -0.114. The van der Waals surface area contributed by atoms with Gasteiger partial charge in [-0.15, -0.1) is 0 Å². The van der Waals surface area contributed by atoms with Crippen molar-refractivity contribution in [3.05, 3.63) is 42.0 Å². The van der Waals surface area contributed by atoms with Gasteiger partial charge in [-0.05, 0) is 30.7 Å². The van der Waals surface area contributed by atoms with Crippen LogP contribution in [0.1, 0.15) is 18.3 Å². The molecule has 2 rings (SSSR count). The third-order valence-electron chi connectivity index (χ3n) is 2.91. The number of rotatable bonds is 4. The summed E-state index contributed by atoms with van der Waals surface area (Å²) >= 11 is 0. The molecule has 0 aliphatic carbocycles. The molecule has 2 aromatic rings. The van der Waals surface area contributed by atoms with Crippen molar-refractivity contribution < 1.29 is 4.79 Å². The Morgan fingerprint density at radius 2 is 2.21 bits per heavy atom. The number of benzene rings is 1. The van der Waals surface area contributed by atoms with Crippen LogP contribution in [0.15, 0.2) is 30.6 Å². The molecule has 0 aliphatic heterocycles. The smallest absolute Gasteiger partial charge is 0.221 e. The summed E-state index contributed by atoms with van der Waals surface area (Å²) in [5.41, 5.74) is 2.88. The van der Waals surface area contributed by atoms with Crippen LogP contribution in [0.2, 0.25) is 0 Å². The van der Waals surface area contributed by atoms with E-state index in [1.54, 1.807) is 6.20 Å². The largest absolute Gasteiger partial charge is 0.378 e. The van der Waals surface area contributed by atoms with Gasteiger partial charge in [0.05, 0.1) is 6.54 Å². The Bertz CT molecular complexity index is 589. The minimum Gasteiger partial charge on any atom is -0.378 e. The van der Waals surface area contributed by atoms with E-state index in [2.05, 4.69) is 15.6 Å². The number of anilines is 2. The molecule has 0 spiro atoms. The van der Waals surface area contributed by atoms with E-state index in [9.17, 15) is 4.79 Å². The monoisotopic (exact) mass is 258 g/mol. The first-order valence-corrected chi connectivity index (χ1v) is 6.14. The highest BCUT2D eigenvalue weighted by Crippen LogP contribution is 2.20. The Morgan fingerprint density at radius 3 is 2.79 bits per heavy atom. The number of hydrogen-bond donors (Lipinski definition) is 2. The first-order chi connectivity index (χ1) is 9.06. The van der Waals surface area contributed by atoms with Gasteiger partial charge in [0.1, 0.15) is 5.82 Å². The number of hydrogen-bond acceptors (Lipinski definition) is 3. The van der Waals surface area contributed by atoms with Gasteiger partial charge in [0.2, 0.25) is 5.91 Å². The Balaban J connectivity index is 2.04. The van der Waals surface area contributed by atoms with Crippen LogP contribution in [0.3, 0.4) is 0 Å². The van der Waals surface area contributed by atoms with Crippen molar-refractivity contribution in [3.8, 4) is 0 Å². The summed E-state index contributed by atoms with van der Waals surface area (Å²) in [7, 11) is 1.97. The molecule has 0 aliphatic rings. The Hall–Kier alpha value is -2.30. The van der Waals surface area contributed by atoms with Crippen molar-refractivity contribution in [2.75, 3.05) is 10.6 Å². The second-order valence-corrected chi connectivity index (χ2v) is 4.52. The van der Waals surface area contributed by atoms with E-state index in [0.717, 1.165) is 22.8 Å². The molecular formula is C14H18N4O. The molecule has 0 bridgehead atoms. The molecule has 100 valence electrons. The van der Waals surface area contributed by atoms with E-state index in [1.807, 2.05) is 42.9 Å². The van der Waals surface area contributed by atoms with Gasteiger partial charge in [-0.25, -0.2) is 4.98 Å². The molecule has 0 radical (unpaired) electrons. The summed E-state index contributed by atoms with van der Waals surface area (Å²) in [5, 5.41) is 6.11. The first-order valence-electron chi connectivity index (χ1n) is 6.14. The zero-order chi connectivity index (χ0) is 13.8. The molecular weight excluding hydrogens is 240 g/mol. The minimum atomic E-state index is -0.0585. The first kappa shape index (κ1) is 13.1.